The molecule has 124 valence electrons. The lowest BCUT2D eigenvalue weighted by Crippen LogP contribution is -2.45. The molecule has 0 spiro atoms. The summed E-state index contributed by atoms with van der Waals surface area (Å²) in [6.07, 6.45) is 5.45. The zero-order valence-corrected chi connectivity index (χ0v) is 13.3. The number of para-hydroxylation sites is 1. The molecule has 7 nitrogen and oxygen atoms in total. The molecule has 4 rings (SSSR count). The Morgan fingerprint density at radius 3 is 2.75 bits per heavy atom. The monoisotopic (exact) mass is 325 g/mol. The van der Waals surface area contributed by atoms with E-state index in [1.54, 1.807) is 6.20 Å². The summed E-state index contributed by atoms with van der Waals surface area (Å²) in [5, 5.41) is 11.9. The molecule has 1 aliphatic rings. The molecule has 1 saturated heterocycles. The first-order valence-corrected chi connectivity index (χ1v) is 8.09. The number of ether oxygens (including phenoxy) is 1. The van der Waals surface area contributed by atoms with E-state index in [4.69, 9.17) is 9.26 Å². The lowest BCUT2D eigenvalue weighted by molar-refractivity contribution is 0.172. The van der Waals surface area contributed by atoms with E-state index in [2.05, 4.69) is 20.6 Å². The third-order valence-electron chi connectivity index (χ3n) is 4.35. The smallest absolute Gasteiger partial charge is 0.254 e. The van der Waals surface area contributed by atoms with Crippen LogP contribution in [0.2, 0.25) is 0 Å². The Bertz CT molecular complexity index is 763. The number of aromatic nitrogens is 4. The number of hydrogen-bond donors (Lipinski definition) is 1. The molecule has 0 atom stereocenters. The van der Waals surface area contributed by atoms with Crippen LogP contribution in [-0.4, -0.2) is 33.0 Å². The Hall–Kier alpha value is -2.67. The molecule has 0 unspecified atom stereocenters. The molecule has 0 bridgehead atoms. The van der Waals surface area contributed by atoms with Crippen molar-refractivity contribution in [3.8, 4) is 5.75 Å². The predicted molar refractivity (Wildman–Crippen MR) is 86.5 cm³/mol. The topological polar surface area (TPSA) is 78.0 Å². The van der Waals surface area contributed by atoms with Gasteiger partial charge in [-0.15, -0.1) is 0 Å². The van der Waals surface area contributed by atoms with Crippen LogP contribution < -0.4 is 10.1 Å². The Morgan fingerprint density at radius 2 is 2.00 bits per heavy atom. The van der Waals surface area contributed by atoms with Crippen LogP contribution >= 0.6 is 0 Å². The van der Waals surface area contributed by atoms with Gasteiger partial charge in [-0.2, -0.15) is 10.1 Å². The maximum atomic E-state index is 5.70. The summed E-state index contributed by atoms with van der Waals surface area (Å²) in [4.78, 5) is 4.59. The van der Waals surface area contributed by atoms with Crippen LogP contribution in [0.1, 0.15) is 24.6 Å². The quantitative estimate of drug-likeness (QED) is 0.773. The lowest BCUT2D eigenvalue weighted by Gasteiger charge is -2.34. The van der Waals surface area contributed by atoms with Crippen LogP contribution in [0.15, 0.2) is 53.3 Å². The second-order valence-electron chi connectivity index (χ2n) is 5.85. The van der Waals surface area contributed by atoms with Crippen LogP contribution in [0, 0.1) is 0 Å². The summed E-state index contributed by atoms with van der Waals surface area (Å²) in [5.41, 5.74) is -0.382. The molecular formula is C17H19N5O2. The highest BCUT2D eigenvalue weighted by Gasteiger charge is 2.41. The van der Waals surface area contributed by atoms with Gasteiger partial charge in [-0.3, -0.25) is 4.68 Å². The van der Waals surface area contributed by atoms with Crippen molar-refractivity contribution in [1.29, 1.82) is 0 Å². The maximum Gasteiger partial charge on any atom is 0.254 e. The van der Waals surface area contributed by atoms with Gasteiger partial charge in [0.2, 0.25) is 5.82 Å². The zero-order valence-electron chi connectivity index (χ0n) is 13.3. The molecule has 0 amide bonds. The minimum absolute atomic E-state index is 0.279. The fraction of sp³-hybridized carbons (Fsp3) is 0.353. The van der Waals surface area contributed by atoms with E-state index in [0.29, 0.717) is 11.7 Å². The summed E-state index contributed by atoms with van der Waals surface area (Å²) >= 11 is 0. The first-order valence-electron chi connectivity index (χ1n) is 8.09. The Kier molecular flexibility index (Phi) is 4.00. The molecular weight excluding hydrogens is 306 g/mol. The molecule has 1 aromatic carbocycles. The first kappa shape index (κ1) is 14.9. The van der Waals surface area contributed by atoms with E-state index in [0.717, 1.165) is 31.7 Å². The molecule has 1 aliphatic heterocycles. The summed E-state index contributed by atoms with van der Waals surface area (Å²) < 4.78 is 13.2. The zero-order chi connectivity index (χ0) is 16.2. The van der Waals surface area contributed by atoms with Gasteiger partial charge in [0, 0.05) is 12.4 Å². The van der Waals surface area contributed by atoms with Crippen molar-refractivity contribution in [1.82, 2.24) is 25.2 Å². The van der Waals surface area contributed by atoms with Crippen molar-refractivity contribution >= 4 is 0 Å². The van der Waals surface area contributed by atoms with Gasteiger partial charge in [-0.1, -0.05) is 23.4 Å². The number of benzene rings is 1. The highest BCUT2D eigenvalue weighted by atomic mass is 16.5. The van der Waals surface area contributed by atoms with Crippen molar-refractivity contribution < 1.29 is 9.26 Å². The Morgan fingerprint density at radius 1 is 1.17 bits per heavy atom. The van der Waals surface area contributed by atoms with Crippen LogP contribution in [0.3, 0.4) is 0 Å². The molecule has 0 saturated carbocycles. The van der Waals surface area contributed by atoms with Gasteiger partial charge in [0.25, 0.3) is 5.89 Å². The van der Waals surface area contributed by atoms with E-state index >= 15 is 0 Å². The largest absolute Gasteiger partial charge is 0.485 e. The molecule has 24 heavy (non-hydrogen) atoms. The maximum absolute atomic E-state index is 5.70. The van der Waals surface area contributed by atoms with E-state index in [9.17, 15) is 0 Å². The average Bonchev–Trinajstić information content (AvgIpc) is 3.34. The summed E-state index contributed by atoms with van der Waals surface area (Å²) in [6.45, 7) is 2.05. The van der Waals surface area contributed by atoms with Crippen LogP contribution in [0.25, 0.3) is 0 Å². The van der Waals surface area contributed by atoms with Crippen molar-refractivity contribution in [2.45, 2.75) is 25.0 Å². The van der Waals surface area contributed by atoms with Crippen molar-refractivity contribution in [3.05, 3.63) is 60.5 Å². The van der Waals surface area contributed by atoms with Crippen molar-refractivity contribution in [2.75, 3.05) is 13.1 Å². The van der Waals surface area contributed by atoms with Crippen LogP contribution in [-0.2, 0) is 12.1 Å². The standard InChI is InChI=1S/C17H19N5O2/c1-2-5-14(6-3-1)23-13-15-20-16(24-21-15)17(7-10-18-11-8-17)22-12-4-9-19-22/h1-6,9,12,18H,7-8,10-11,13H2. The third kappa shape index (κ3) is 2.78. The molecule has 3 aromatic rings. The highest BCUT2D eigenvalue weighted by Crippen LogP contribution is 2.33. The second-order valence-corrected chi connectivity index (χ2v) is 5.85. The van der Waals surface area contributed by atoms with Crippen LogP contribution in [0.4, 0.5) is 0 Å². The van der Waals surface area contributed by atoms with E-state index in [1.165, 1.54) is 0 Å². The molecule has 1 N–H and O–H groups in total. The molecule has 3 heterocycles. The fourth-order valence-electron chi connectivity index (χ4n) is 3.07. The van der Waals surface area contributed by atoms with Gasteiger partial charge in [0.15, 0.2) is 6.61 Å². The van der Waals surface area contributed by atoms with Crippen molar-refractivity contribution in [3.63, 3.8) is 0 Å². The van der Waals surface area contributed by atoms with Gasteiger partial charge < -0.3 is 14.6 Å². The molecule has 7 heteroatoms. The Balaban J connectivity index is 1.56. The number of hydrogen-bond acceptors (Lipinski definition) is 6. The summed E-state index contributed by atoms with van der Waals surface area (Å²) in [5.74, 6) is 1.92. The van der Waals surface area contributed by atoms with E-state index < -0.39 is 0 Å². The average molecular weight is 325 g/mol. The van der Waals surface area contributed by atoms with Gasteiger partial charge in [-0.25, -0.2) is 0 Å². The lowest BCUT2D eigenvalue weighted by atomic mass is 9.88. The summed E-state index contributed by atoms with van der Waals surface area (Å²) in [7, 11) is 0. The minimum atomic E-state index is -0.382. The molecule has 0 radical (unpaired) electrons. The third-order valence-corrected chi connectivity index (χ3v) is 4.35. The van der Waals surface area contributed by atoms with Gasteiger partial charge in [0.05, 0.1) is 0 Å². The number of nitrogens with zero attached hydrogens (tertiary/aromatic N) is 4. The molecule has 0 aliphatic carbocycles. The summed E-state index contributed by atoms with van der Waals surface area (Å²) in [6, 6.07) is 11.5. The van der Waals surface area contributed by atoms with E-state index in [1.807, 2.05) is 47.3 Å². The van der Waals surface area contributed by atoms with Gasteiger partial charge in [-0.05, 0) is 44.1 Å². The number of nitrogens with one attached hydrogen (secondary N) is 1. The fourth-order valence-corrected chi connectivity index (χ4v) is 3.07. The number of piperidine rings is 1. The van der Waals surface area contributed by atoms with E-state index in [-0.39, 0.29) is 12.1 Å². The SMILES string of the molecule is c1ccc(OCc2noc(C3(n4cccn4)CCNCC3)n2)cc1. The van der Waals surface area contributed by atoms with Gasteiger partial charge in [0.1, 0.15) is 11.3 Å². The Labute approximate surface area is 139 Å². The molecule has 1 fully saturated rings. The number of rotatable bonds is 5. The molecule has 2 aromatic heterocycles. The van der Waals surface area contributed by atoms with Crippen molar-refractivity contribution in [2.24, 2.45) is 0 Å². The first-order chi connectivity index (χ1) is 11.9. The second kappa shape index (κ2) is 6.45. The highest BCUT2D eigenvalue weighted by molar-refractivity contribution is 5.21. The van der Waals surface area contributed by atoms with Crippen LogP contribution in [0.5, 0.6) is 5.75 Å². The normalized spacial score (nSPS) is 16.8. The predicted octanol–water partition coefficient (Wildman–Crippen LogP) is 1.97. The minimum Gasteiger partial charge on any atom is -0.485 e. The van der Waals surface area contributed by atoms with Gasteiger partial charge >= 0.3 is 0 Å².